The molecule has 0 aliphatic carbocycles. The molecule has 2 rings (SSSR count). The molecular formula is C16H16Cl2FNO. The standard InChI is InChI=1S/C16H16Cl2FNO/c1-10(20)6-12-7-13(17)4-5-16(12)21-9-11-2-3-14(18)8-15(11)19/h2-5,7-8,10H,6,9,20H2,1H3. The van der Waals surface area contributed by atoms with Crippen LogP contribution >= 0.6 is 23.2 Å². The summed E-state index contributed by atoms with van der Waals surface area (Å²) in [6, 6.07) is 9.82. The van der Waals surface area contributed by atoms with Gasteiger partial charge in [0.15, 0.2) is 0 Å². The average molecular weight is 328 g/mol. The van der Waals surface area contributed by atoms with Crippen molar-refractivity contribution in [3.05, 3.63) is 63.4 Å². The van der Waals surface area contributed by atoms with Gasteiger partial charge in [0, 0.05) is 21.7 Å². The minimum Gasteiger partial charge on any atom is -0.489 e. The van der Waals surface area contributed by atoms with E-state index in [4.69, 9.17) is 33.7 Å². The lowest BCUT2D eigenvalue weighted by Crippen LogP contribution is -2.18. The van der Waals surface area contributed by atoms with E-state index in [1.165, 1.54) is 6.07 Å². The maximum absolute atomic E-state index is 13.7. The third-order valence-electron chi connectivity index (χ3n) is 2.96. The number of rotatable bonds is 5. The number of halogens is 3. The number of hydrogen-bond acceptors (Lipinski definition) is 2. The molecule has 21 heavy (non-hydrogen) atoms. The summed E-state index contributed by atoms with van der Waals surface area (Å²) in [5.74, 6) is 0.274. The van der Waals surface area contributed by atoms with E-state index in [2.05, 4.69) is 0 Å². The predicted molar refractivity (Wildman–Crippen MR) is 84.5 cm³/mol. The van der Waals surface area contributed by atoms with Crippen LogP contribution in [0.4, 0.5) is 4.39 Å². The third-order valence-corrected chi connectivity index (χ3v) is 3.43. The van der Waals surface area contributed by atoms with Gasteiger partial charge in [-0.3, -0.25) is 0 Å². The molecule has 2 aromatic carbocycles. The van der Waals surface area contributed by atoms with Gasteiger partial charge in [-0.25, -0.2) is 4.39 Å². The fourth-order valence-electron chi connectivity index (χ4n) is 1.99. The van der Waals surface area contributed by atoms with E-state index in [-0.39, 0.29) is 18.5 Å². The quantitative estimate of drug-likeness (QED) is 0.870. The van der Waals surface area contributed by atoms with Crippen LogP contribution in [-0.4, -0.2) is 6.04 Å². The third kappa shape index (κ3) is 4.60. The van der Waals surface area contributed by atoms with Gasteiger partial charge >= 0.3 is 0 Å². The molecule has 2 N–H and O–H groups in total. The Bertz CT molecular complexity index is 632. The Morgan fingerprint density at radius 1 is 1.10 bits per heavy atom. The van der Waals surface area contributed by atoms with E-state index >= 15 is 0 Å². The maximum atomic E-state index is 13.7. The first-order chi connectivity index (χ1) is 9.95. The van der Waals surface area contributed by atoms with Crippen LogP contribution in [0.1, 0.15) is 18.1 Å². The molecular weight excluding hydrogens is 312 g/mol. The summed E-state index contributed by atoms with van der Waals surface area (Å²) in [6.45, 7) is 2.03. The molecule has 0 fully saturated rings. The van der Waals surface area contributed by atoms with Crippen molar-refractivity contribution in [2.45, 2.75) is 26.0 Å². The fourth-order valence-corrected chi connectivity index (χ4v) is 2.34. The Kier molecular flexibility index (Phi) is 5.45. The van der Waals surface area contributed by atoms with Gasteiger partial charge in [-0.15, -0.1) is 0 Å². The van der Waals surface area contributed by atoms with Crippen molar-refractivity contribution in [1.82, 2.24) is 0 Å². The van der Waals surface area contributed by atoms with E-state index in [1.54, 1.807) is 24.3 Å². The summed E-state index contributed by atoms with van der Waals surface area (Å²) in [4.78, 5) is 0. The maximum Gasteiger partial charge on any atom is 0.131 e. The van der Waals surface area contributed by atoms with Gasteiger partial charge in [0.2, 0.25) is 0 Å². The first-order valence-electron chi connectivity index (χ1n) is 6.56. The highest BCUT2D eigenvalue weighted by Gasteiger charge is 2.09. The normalized spacial score (nSPS) is 12.2. The number of hydrogen-bond donors (Lipinski definition) is 1. The fraction of sp³-hybridized carbons (Fsp3) is 0.250. The van der Waals surface area contributed by atoms with Gasteiger partial charge in [-0.1, -0.05) is 29.3 Å². The SMILES string of the molecule is CC(N)Cc1cc(Cl)ccc1OCc1ccc(Cl)cc1F. The van der Waals surface area contributed by atoms with Crippen molar-refractivity contribution in [3.8, 4) is 5.75 Å². The molecule has 0 saturated heterocycles. The van der Waals surface area contributed by atoms with Gasteiger partial charge < -0.3 is 10.5 Å². The van der Waals surface area contributed by atoms with E-state index in [0.717, 1.165) is 5.56 Å². The minimum absolute atomic E-state index is 0.0157. The van der Waals surface area contributed by atoms with Crippen LogP contribution in [0.15, 0.2) is 36.4 Å². The highest BCUT2D eigenvalue weighted by atomic mass is 35.5. The molecule has 1 atom stereocenters. The van der Waals surface area contributed by atoms with Gasteiger partial charge in [-0.2, -0.15) is 0 Å². The van der Waals surface area contributed by atoms with Crippen molar-refractivity contribution < 1.29 is 9.13 Å². The van der Waals surface area contributed by atoms with Crippen LogP contribution < -0.4 is 10.5 Å². The lowest BCUT2D eigenvalue weighted by molar-refractivity contribution is 0.296. The summed E-state index contributed by atoms with van der Waals surface area (Å²) in [5.41, 5.74) is 7.17. The number of nitrogens with two attached hydrogens (primary N) is 1. The highest BCUT2D eigenvalue weighted by molar-refractivity contribution is 6.30. The number of benzene rings is 2. The molecule has 112 valence electrons. The zero-order valence-electron chi connectivity index (χ0n) is 11.6. The molecule has 0 radical (unpaired) electrons. The van der Waals surface area contributed by atoms with E-state index < -0.39 is 0 Å². The van der Waals surface area contributed by atoms with E-state index in [0.29, 0.717) is 27.8 Å². The monoisotopic (exact) mass is 327 g/mol. The minimum atomic E-state index is -0.384. The Hall–Kier alpha value is -1.29. The number of ether oxygens (including phenoxy) is 1. The second-order valence-corrected chi connectivity index (χ2v) is 5.83. The molecule has 2 aromatic rings. The summed E-state index contributed by atoms with van der Waals surface area (Å²) in [7, 11) is 0. The lowest BCUT2D eigenvalue weighted by atomic mass is 10.1. The van der Waals surface area contributed by atoms with Crippen molar-refractivity contribution >= 4 is 23.2 Å². The zero-order chi connectivity index (χ0) is 15.4. The van der Waals surface area contributed by atoms with Crippen LogP contribution in [0.2, 0.25) is 10.0 Å². The molecule has 0 bridgehead atoms. The van der Waals surface area contributed by atoms with Crippen LogP contribution in [-0.2, 0) is 13.0 Å². The summed E-state index contributed by atoms with van der Waals surface area (Å²) in [5, 5.41) is 0.982. The second kappa shape index (κ2) is 7.12. The molecule has 0 aliphatic heterocycles. The molecule has 0 aliphatic rings. The molecule has 2 nitrogen and oxygen atoms in total. The van der Waals surface area contributed by atoms with Crippen molar-refractivity contribution in [2.75, 3.05) is 0 Å². The van der Waals surface area contributed by atoms with Gasteiger partial charge in [0.05, 0.1) is 0 Å². The molecule has 0 heterocycles. The smallest absolute Gasteiger partial charge is 0.131 e. The molecule has 0 saturated carbocycles. The summed E-state index contributed by atoms with van der Waals surface area (Å²) in [6.07, 6.45) is 0.638. The van der Waals surface area contributed by atoms with E-state index in [9.17, 15) is 4.39 Å². The van der Waals surface area contributed by atoms with Gasteiger partial charge in [-0.05, 0) is 49.2 Å². The first-order valence-corrected chi connectivity index (χ1v) is 7.32. The van der Waals surface area contributed by atoms with Crippen molar-refractivity contribution in [3.63, 3.8) is 0 Å². The van der Waals surface area contributed by atoms with Crippen molar-refractivity contribution in [2.24, 2.45) is 5.73 Å². The Labute approximate surface area is 133 Å². The largest absolute Gasteiger partial charge is 0.489 e. The topological polar surface area (TPSA) is 35.2 Å². The predicted octanol–water partition coefficient (Wildman–Crippen LogP) is 4.60. The van der Waals surface area contributed by atoms with E-state index in [1.807, 2.05) is 13.0 Å². The van der Waals surface area contributed by atoms with Crippen LogP contribution in [0.3, 0.4) is 0 Å². The van der Waals surface area contributed by atoms with Gasteiger partial charge in [0.25, 0.3) is 0 Å². The lowest BCUT2D eigenvalue weighted by Gasteiger charge is -2.14. The molecule has 1 unspecified atom stereocenters. The molecule has 0 aromatic heterocycles. The van der Waals surface area contributed by atoms with Crippen LogP contribution in [0.5, 0.6) is 5.75 Å². The Morgan fingerprint density at radius 3 is 2.43 bits per heavy atom. The summed E-state index contributed by atoms with van der Waals surface area (Å²) >= 11 is 11.7. The van der Waals surface area contributed by atoms with Crippen LogP contribution in [0.25, 0.3) is 0 Å². The molecule has 0 amide bonds. The Balaban J connectivity index is 2.15. The van der Waals surface area contributed by atoms with Gasteiger partial charge in [0.1, 0.15) is 18.2 Å². The van der Waals surface area contributed by atoms with Crippen LogP contribution in [0, 0.1) is 5.82 Å². The summed E-state index contributed by atoms with van der Waals surface area (Å²) < 4.78 is 19.4. The zero-order valence-corrected chi connectivity index (χ0v) is 13.1. The average Bonchev–Trinajstić information content (AvgIpc) is 2.39. The Morgan fingerprint density at radius 2 is 1.76 bits per heavy atom. The second-order valence-electron chi connectivity index (χ2n) is 4.96. The molecule has 5 heteroatoms. The first kappa shape index (κ1) is 16.1. The highest BCUT2D eigenvalue weighted by Crippen LogP contribution is 2.25. The van der Waals surface area contributed by atoms with Crippen molar-refractivity contribution in [1.29, 1.82) is 0 Å². The molecule has 0 spiro atoms.